The molecule has 0 unspecified atom stereocenters. The largest absolute Gasteiger partial charge is 0.264 e. The number of pyridine rings is 1. The normalized spacial score (nSPS) is 12.7. The number of rotatable bonds is 6. The van der Waals surface area contributed by atoms with Crippen molar-refractivity contribution in [1.29, 1.82) is 0 Å². The molecule has 0 saturated carbocycles. The summed E-state index contributed by atoms with van der Waals surface area (Å²) in [6, 6.07) is 67.5. The van der Waals surface area contributed by atoms with Gasteiger partial charge in [0.1, 0.15) is 0 Å². The van der Waals surface area contributed by atoms with Gasteiger partial charge in [-0.3, -0.25) is 4.98 Å². The molecule has 0 bridgehead atoms. The van der Waals surface area contributed by atoms with Crippen LogP contribution in [-0.2, 0) is 5.41 Å². The Morgan fingerprint density at radius 3 is 1.75 bits per heavy atom. The molecule has 0 aliphatic heterocycles. The van der Waals surface area contributed by atoms with E-state index in [1.807, 2.05) is 18.3 Å². The maximum absolute atomic E-state index is 5.27. The van der Waals surface area contributed by atoms with Gasteiger partial charge in [-0.25, -0.2) is 9.97 Å². The van der Waals surface area contributed by atoms with E-state index in [4.69, 9.17) is 9.97 Å². The predicted octanol–water partition coefficient (Wildman–Crippen LogP) is 14.5. The molecule has 0 radical (unpaired) electrons. The molecule has 0 amide bonds. The second-order valence-corrected chi connectivity index (χ2v) is 16.0. The molecule has 0 N–H and O–H groups in total. The Morgan fingerprint density at radius 1 is 0.390 bits per heavy atom. The molecule has 1 aliphatic carbocycles. The van der Waals surface area contributed by atoms with E-state index in [1.165, 1.54) is 55.3 Å². The number of benzene rings is 8. The molecule has 10 aromatic rings. The van der Waals surface area contributed by atoms with Crippen LogP contribution < -0.4 is 0 Å². The molecule has 1 aliphatic rings. The summed E-state index contributed by atoms with van der Waals surface area (Å²) in [7, 11) is 0. The van der Waals surface area contributed by atoms with E-state index in [9.17, 15) is 0 Å². The minimum atomic E-state index is -0.149. The van der Waals surface area contributed by atoms with Gasteiger partial charge in [-0.05, 0) is 101 Å². The van der Waals surface area contributed by atoms with Gasteiger partial charge in [0.15, 0.2) is 5.82 Å². The van der Waals surface area contributed by atoms with Gasteiger partial charge in [0.05, 0.1) is 11.4 Å². The van der Waals surface area contributed by atoms with Crippen LogP contribution in [0.2, 0.25) is 0 Å². The number of fused-ring (bicyclic) bond motifs is 6. The van der Waals surface area contributed by atoms with Gasteiger partial charge in [-0.1, -0.05) is 178 Å². The van der Waals surface area contributed by atoms with Crippen molar-refractivity contribution in [2.75, 3.05) is 0 Å². The number of nitrogens with zero attached hydrogens (tertiary/aromatic N) is 3. The SMILES string of the molecule is CC1(C)c2ccc3ccccc3c2-c2cccc(-c3cccc(-c4ccc(-c5nc(-c6ccccc6)cc(-c6ccc(-c7cccnc7)cc6)n5)c5ccccc45)c3)c21. The van der Waals surface area contributed by atoms with Gasteiger partial charge in [0.25, 0.3) is 0 Å². The minimum Gasteiger partial charge on any atom is -0.264 e. The molecular formula is C56H39N3. The van der Waals surface area contributed by atoms with Crippen molar-refractivity contribution in [2.45, 2.75) is 19.3 Å². The highest BCUT2D eigenvalue weighted by Crippen LogP contribution is 2.54. The zero-order valence-corrected chi connectivity index (χ0v) is 32.9. The first-order chi connectivity index (χ1) is 29.0. The smallest absolute Gasteiger partial charge is 0.161 e. The Hall–Kier alpha value is -7.49. The zero-order valence-electron chi connectivity index (χ0n) is 32.9. The van der Waals surface area contributed by atoms with E-state index in [-0.39, 0.29) is 5.41 Å². The Bertz CT molecular complexity index is 3220. The third-order valence-electron chi connectivity index (χ3n) is 12.2. The summed E-state index contributed by atoms with van der Waals surface area (Å²) in [6.07, 6.45) is 3.70. The molecule has 0 atom stereocenters. The second-order valence-electron chi connectivity index (χ2n) is 16.0. The Labute approximate surface area is 344 Å². The molecule has 3 heteroatoms. The molecule has 0 saturated heterocycles. The van der Waals surface area contributed by atoms with Crippen molar-refractivity contribution >= 4 is 21.5 Å². The first-order valence-electron chi connectivity index (χ1n) is 20.3. The minimum absolute atomic E-state index is 0.149. The number of hydrogen-bond donors (Lipinski definition) is 0. The fourth-order valence-corrected chi connectivity index (χ4v) is 9.33. The lowest BCUT2D eigenvalue weighted by Crippen LogP contribution is -2.16. The first-order valence-corrected chi connectivity index (χ1v) is 20.3. The van der Waals surface area contributed by atoms with Crippen molar-refractivity contribution in [3.63, 3.8) is 0 Å². The van der Waals surface area contributed by atoms with Gasteiger partial charge in [-0.15, -0.1) is 0 Å². The van der Waals surface area contributed by atoms with Crippen LogP contribution in [0.5, 0.6) is 0 Å². The lowest BCUT2D eigenvalue weighted by molar-refractivity contribution is 0.662. The second kappa shape index (κ2) is 13.9. The summed E-state index contributed by atoms with van der Waals surface area (Å²) < 4.78 is 0. The van der Waals surface area contributed by atoms with Crippen molar-refractivity contribution in [3.05, 3.63) is 212 Å². The number of aromatic nitrogens is 3. The van der Waals surface area contributed by atoms with Crippen LogP contribution in [0, 0.1) is 0 Å². The third-order valence-corrected chi connectivity index (χ3v) is 12.2. The Kier molecular flexibility index (Phi) is 8.16. The van der Waals surface area contributed by atoms with Crippen LogP contribution >= 0.6 is 0 Å². The summed E-state index contributed by atoms with van der Waals surface area (Å²) in [6.45, 7) is 4.76. The van der Waals surface area contributed by atoms with Crippen molar-refractivity contribution in [3.8, 4) is 78.4 Å². The fraction of sp³-hybridized carbons (Fsp3) is 0.0536. The van der Waals surface area contributed by atoms with Crippen LogP contribution in [0.3, 0.4) is 0 Å². The average molecular weight is 754 g/mol. The van der Waals surface area contributed by atoms with Gasteiger partial charge in [0.2, 0.25) is 0 Å². The van der Waals surface area contributed by atoms with Gasteiger partial charge >= 0.3 is 0 Å². The Morgan fingerprint density at radius 2 is 0.983 bits per heavy atom. The highest BCUT2D eigenvalue weighted by molar-refractivity contribution is 6.06. The van der Waals surface area contributed by atoms with Crippen molar-refractivity contribution in [1.82, 2.24) is 15.0 Å². The lowest BCUT2D eigenvalue weighted by atomic mass is 9.78. The van der Waals surface area contributed by atoms with E-state index < -0.39 is 0 Å². The highest BCUT2D eigenvalue weighted by atomic mass is 14.9. The highest BCUT2D eigenvalue weighted by Gasteiger charge is 2.38. The quantitative estimate of drug-likeness (QED) is 0.170. The molecule has 0 spiro atoms. The van der Waals surface area contributed by atoms with Crippen LogP contribution in [0.15, 0.2) is 200 Å². The van der Waals surface area contributed by atoms with Crippen molar-refractivity contribution < 1.29 is 0 Å². The maximum atomic E-state index is 5.27. The first kappa shape index (κ1) is 34.7. The standard InChI is InChI=1S/C56H39N3/c1-56(2)50-31-28-37-13-6-7-19-44(37)53(50)49-23-11-22-45(54(49)56)41-17-10-16-40(33-41)43-29-30-48(47-21-9-8-20-46(43)47)55-58-51(38-14-4-3-5-15-38)34-52(59-55)39-26-24-36(25-27-39)42-18-12-32-57-35-42/h3-35H,1-2H3. The fourth-order valence-electron chi connectivity index (χ4n) is 9.33. The van der Waals surface area contributed by atoms with Crippen LogP contribution in [-0.4, -0.2) is 15.0 Å². The lowest BCUT2D eigenvalue weighted by Gasteiger charge is -2.25. The molecule has 8 aromatic carbocycles. The molecule has 3 nitrogen and oxygen atoms in total. The van der Waals surface area contributed by atoms with Crippen LogP contribution in [0.1, 0.15) is 25.0 Å². The van der Waals surface area contributed by atoms with E-state index in [0.717, 1.165) is 50.0 Å². The summed E-state index contributed by atoms with van der Waals surface area (Å²) >= 11 is 0. The predicted molar refractivity (Wildman–Crippen MR) is 245 cm³/mol. The Balaban J connectivity index is 1.02. The molecule has 11 rings (SSSR count). The molecular weight excluding hydrogens is 715 g/mol. The number of hydrogen-bond acceptors (Lipinski definition) is 3. The van der Waals surface area contributed by atoms with E-state index >= 15 is 0 Å². The molecule has 0 fully saturated rings. The van der Waals surface area contributed by atoms with E-state index in [2.05, 4.69) is 195 Å². The molecule has 278 valence electrons. The topological polar surface area (TPSA) is 38.7 Å². The molecule has 59 heavy (non-hydrogen) atoms. The maximum Gasteiger partial charge on any atom is 0.161 e. The van der Waals surface area contributed by atoms with Gasteiger partial charge in [-0.2, -0.15) is 0 Å². The summed E-state index contributed by atoms with van der Waals surface area (Å²) in [4.78, 5) is 14.8. The molecule has 2 aromatic heterocycles. The van der Waals surface area contributed by atoms with Gasteiger partial charge in [0, 0.05) is 34.5 Å². The zero-order chi connectivity index (χ0) is 39.5. The van der Waals surface area contributed by atoms with Crippen LogP contribution in [0.4, 0.5) is 0 Å². The van der Waals surface area contributed by atoms with Crippen molar-refractivity contribution in [2.24, 2.45) is 0 Å². The summed E-state index contributed by atoms with van der Waals surface area (Å²) in [5.41, 5.74) is 17.2. The van der Waals surface area contributed by atoms with E-state index in [0.29, 0.717) is 5.82 Å². The average Bonchev–Trinajstić information content (AvgIpc) is 3.55. The van der Waals surface area contributed by atoms with Crippen LogP contribution in [0.25, 0.3) is 100.0 Å². The molecule has 2 heterocycles. The monoisotopic (exact) mass is 753 g/mol. The third kappa shape index (κ3) is 5.85. The summed E-state index contributed by atoms with van der Waals surface area (Å²) in [5, 5.41) is 4.87. The van der Waals surface area contributed by atoms with E-state index in [1.54, 1.807) is 6.20 Å². The van der Waals surface area contributed by atoms with Gasteiger partial charge < -0.3 is 0 Å². The summed E-state index contributed by atoms with van der Waals surface area (Å²) in [5.74, 6) is 0.698.